The van der Waals surface area contributed by atoms with Crippen molar-refractivity contribution in [2.24, 2.45) is 23.7 Å². The zero-order valence-corrected chi connectivity index (χ0v) is 27.5. The summed E-state index contributed by atoms with van der Waals surface area (Å²) >= 11 is 0. The monoisotopic (exact) mass is 628 g/mol. The van der Waals surface area contributed by atoms with Crippen LogP contribution in [0.2, 0.25) is 0 Å². The van der Waals surface area contributed by atoms with Crippen molar-refractivity contribution in [3.05, 3.63) is 145 Å². The molecule has 1 heterocycles. The molecule has 0 amide bonds. The van der Waals surface area contributed by atoms with E-state index >= 15 is 0 Å². The number of hydrogen-bond donors (Lipinski definition) is 0. The molecule has 234 valence electrons. The van der Waals surface area contributed by atoms with Crippen LogP contribution in [0.25, 0.3) is 76.9 Å². The van der Waals surface area contributed by atoms with Crippen molar-refractivity contribution in [3.8, 4) is 33.4 Å². The molecule has 0 radical (unpaired) electrons. The van der Waals surface area contributed by atoms with E-state index in [1.807, 2.05) is 0 Å². The van der Waals surface area contributed by atoms with E-state index in [0.717, 1.165) is 23.0 Å². The Kier molecular flexibility index (Phi) is 5.20. The number of benzene rings is 7. The Morgan fingerprint density at radius 2 is 1.12 bits per heavy atom. The third-order valence-electron chi connectivity index (χ3n) is 13.4. The van der Waals surface area contributed by atoms with Crippen LogP contribution in [0.5, 0.6) is 0 Å². The maximum Gasteiger partial charge on any atom is 0.143 e. The van der Waals surface area contributed by atoms with Crippen molar-refractivity contribution >= 4 is 43.5 Å². The fraction of sp³-hybridized carbons (Fsp3) is 0.208. The predicted octanol–water partition coefficient (Wildman–Crippen LogP) is 12.9. The van der Waals surface area contributed by atoms with Gasteiger partial charge in [-0.3, -0.25) is 0 Å². The van der Waals surface area contributed by atoms with Crippen molar-refractivity contribution in [2.45, 2.75) is 37.5 Å². The Hall–Kier alpha value is -5.14. The molecule has 5 aliphatic carbocycles. The maximum atomic E-state index is 6.67. The van der Waals surface area contributed by atoms with Gasteiger partial charge in [-0.15, -0.1) is 0 Å². The SMILES string of the molecule is c1cc(-c2cccc3c2oc2ccccc23)c2c(c1)C1(c3cc(-c4cc5ccccc5c5ccccc45)ccc3-2)C2CC3CC(C2)CC1C3. The second-order valence-corrected chi connectivity index (χ2v) is 15.6. The average molecular weight is 629 g/mol. The molecule has 13 rings (SSSR count). The summed E-state index contributed by atoms with van der Waals surface area (Å²) in [6, 6.07) is 50.4. The molecule has 0 atom stereocenters. The molecule has 7 aromatic carbocycles. The smallest absolute Gasteiger partial charge is 0.143 e. The lowest BCUT2D eigenvalue weighted by Gasteiger charge is -2.61. The highest BCUT2D eigenvalue weighted by molar-refractivity contribution is 6.14. The van der Waals surface area contributed by atoms with Crippen LogP contribution in [0.4, 0.5) is 0 Å². The first-order valence-electron chi connectivity index (χ1n) is 18.4. The van der Waals surface area contributed by atoms with Gasteiger partial charge in [0, 0.05) is 21.8 Å². The van der Waals surface area contributed by atoms with Crippen LogP contribution in [0.3, 0.4) is 0 Å². The molecule has 0 saturated heterocycles. The standard InChI is InChI=1S/C48H36O/c1-2-10-34-30(9-1)26-42(36-12-4-3-11-35(34)36)31-19-20-41-44(27-31)48(32-22-28-21-29(24-32)25-33(48)23-28)43-17-8-14-38(46(41)43)40-16-7-15-39-37-13-5-6-18-45(37)49-47(39)40/h1-20,26-29,32-33H,21-25H2. The summed E-state index contributed by atoms with van der Waals surface area (Å²) < 4.78 is 6.67. The van der Waals surface area contributed by atoms with Crippen LogP contribution in [0.1, 0.15) is 43.2 Å². The van der Waals surface area contributed by atoms with Gasteiger partial charge in [0.05, 0.1) is 0 Å². The summed E-state index contributed by atoms with van der Waals surface area (Å²) in [7, 11) is 0. The fourth-order valence-electron chi connectivity index (χ4n) is 11.9. The third-order valence-corrected chi connectivity index (χ3v) is 13.4. The van der Waals surface area contributed by atoms with Crippen LogP contribution < -0.4 is 0 Å². The summed E-state index contributed by atoms with van der Waals surface area (Å²) in [5.74, 6) is 3.20. The zero-order valence-electron chi connectivity index (χ0n) is 27.5. The van der Waals surface area contributed by atoms with Crippen LogP contribution in [-0.4, -0.2) is 0 Å². The second-order valence-electron chi connectivity index (χ2n) is 15.6. The first-order chi connectivity index (χ1) is 24.3. The molecule has 4 saturated carbocycles. The summed E-state index contributed by atoms with van der Waals surface area (Å²) in [6.07, 6.45) is 6.95. The summed E-state index contributed by atoms with van der Waals surface area (Å²) in [5, 5.41) is 7.71. The highest BCUT2D eigenvalue weighted by Crippen LogP contribution is 2.70. The molecule has 1 spiro atoms. The Balaban J connectivity index is 1.15. The highest BCUT2D eigenvalue weighted by Gasteiger charge is 2.61. The minimum atomic E-state index is 0.0680. The minimum Gasteiger partial charge on any atom is -0.455 e. The van der Waals surface area contributed by atoms with E-state index < -0.39 is 0 Å². The Morgan fingerprint density at radius 1 is 0.449 bits per heavy atom. The van der Waals surface area contributed by atoms with Crippen molar-refractivity contribution in [3.63, 3.8) is 0 Å². The van der Waals surface area contributed by atoms with E-state index in [0.29, 0.717) is 11.8 Å². The lowest BCUT2D eigenvalue weighted by Crippen LogP contribution is -2.55. The molecule has 4 fully saturated rings. The van der Waals surface area contributed by atoms with Crippen molar-refractivity contribution in [1.82, 2.24) is 0 Å². The van der Waals surface area contributed by atoms with Crippen molar-refractivity contribution < 1.29 is 4.42 Å². The maximum absolute atomic E-state index is 6.67. The van der Waals surface area contributed by atoms with E-state index in [1.165, 1.54) is 97.8 Å². The lowest BCUT2D eigenvalue weighted by atomic mass is 9.43. The summed E-state index contributed by atoms with van der Waals surface area (Å²) in [6.45, 7) is 0. The van der Waals surface area contributed by atoms with E-state index in [2.05, 4.69) is 133 Å². The lowest BCUT2D eigenvalue weighted by molar-refractivity contribution is -0.0399. The topological polar surface area (TPSA) is 13.1 Å². The van der Waals surface area contributed by atoms with Gasteiger partial charge in [-0.25, -0.2) is 0 Å². The number of furan rings is 1. The zero-order chi connectivity index (χ0) is 31.8. The number of hydrogen-bond acceptors (Lipinski definition) is 1. The Morgan fingerprint density at radius 3 is 1.96 bits per heavy atom. The molecule has 1 nitrogen and oxygen atoms in total. The Bertz CT molecular complexity index is 2660. The minimum absolute atomic E-state index is 0.0680. The Labute approximate surface area is 286 Å². The first-order valence-corrected chi connectivity index (χ1v) is 18.4. The molecular weight excluding hydrogens is 593 g/mol. The highest BCUT2D eigenvalue weighted by atomic mass is 16.3. The molecule has 1 aromatic heterocycles. The molecule has 8 aromatic rings. The van der Waals surface area contributed by atoms with Gasteiger partial charge in [0.25, 0.3) is 0 Å². The van der Waals surface area contributed by atoms with E-state index in [1.54, 1.807) is 11.1 Å². The number of fused-ring (bicyclic) bond motifs is 9. The molecule has 4 bridgehead atoms. The molecule has 0 N–H and O–H groups in total. The molecule has 5 aliphatic rings. The average Bonchev–Trinajstić information content (AvgIpc) is 3.67. The largest absolute Gasteiger partial charge is 0.455 e. The van der Waals surface area contributed by atoms with Gasteiger partial charge in [0.1, 0.15) is 11.2 Å². The molecule has 0 unspecified atom stereocenters. The van der Waals surface area contributed by atoms with Crippen LogP contribution in [0, 0.1) is 23.7 Å². The summed E-state index contributed by atoms with van der Waals surface area (Å²) in [5.41, 5.74) is 13.3. The van der Waals surface area contributed by atoms with E-state index in [4.69, 9.17) is 4.42 Å². The van der Waals surface area contributed by atoms with Crippen molar-refractivity contribution in [2.75, 3.05) is 0 Å². The van der Waals surface area contributed by atoms with Crippen LogP contribution in [0.15, 0.2) is 138 Å². The van der Waals surface area contributed by atoms with Gasteiger partial charge in [-0.2, -0.15) is 0 Å². The summed E-state index contributed by atoms with van der Waals surface area (Å²) in [4.78, 5) is 0. The van der Waals surface area contributed by atoms with Gasteiger partial charge < -0.3 is 4.42 Å². The van der Waals surface area contributed by atoms with Gasteiger partial charge >= 0.3 is 0 Å². The van der Waals surface area contributed by atoms with Gasteiger partial charge in [0.2, 0.25) is 0 Å². The normalized spacial score (nSPS) is 24.8. The van der Waals surface area contributed by atoms with E-state index in [9.17, 15) is 0 Å². The predicted molar refractivity (Wildman–Crippen MR) is 203 cm³/mol. The van der Waals surface area contributed by atoms with Crippen LogP contribution in [-0.2, 0) is 5.41 Å². The van der Waals surface area contributed by atoms with Gasteiger partial charge in [-0.05, 0) is 134 Å². The quantitative estimate of drug-likeness (QED) is 0.174. The fourth-order valence-corrected chi connectivity index (χ4v) is 11.9. The number of rotatable bonds is 2. The van der Waals surface area contributed by atoms with Crippen LogP contribution >= 0.6 is 0 Å². The van der Waals surface area contributed by atoms with Gasteiger partial charge in [-0.1, -0.05) is 115 Å². The third kappa shape index (κ3) is 3.41. The van der Waals surface area contributed by atoms with E-state index in [-0.39, 0.29) is 5.41 Å². The molecule has 49 heavy (non-hydrogen) atoms. The van der Waals surface area contributed by atoms with Crippen molar-refractivity contribution in [1.29, 1.82) is 0 Å². The molecular formula is C48H36O. The number of para-hydroxylation sites is 2. The second kappa shape index (κ2) is 9.51. The molecule has 0 aliphatic heterocycles. The van der Waals surface area contributed by atoms with Gasteiger partial charge in [0.15, 0.2) is 0 Å². The molecule has 1 heteroatoms. The first kappa shape index (κ1) is 26.8.